The lowest BCUT2D eigenvalue weighted by molar-refractivity contribution is -0.118. The molecule has 0 spiro atoms. The van der Waals surface area contributed by atoms with E-state index in [-0.39, 0.29) is 25.5 Å². The number of urea groups is 1. The second-order valence-corrected chi connectivity index (χ2v) is 7.10. The van der Waals surface area contributed by atoms with E-state index in [1.807, 2.05) is 10.2 Å². The van der Waals surface area contributed by atoms with Gasteiger partial charge in [-0.05, 0) is 6.07 Å². The smallest absolute Gasteiger partial charge is 0.339 e. The average Bonchev–Trinajstić information content (AvgIpc) is 2.94. The van der Waals surface area contributed by atoms with Gasteiger partial charge in [0.05, 0.1) is 0 Å². The third-order valence-corrected chi connectivity index (χ3v) is 5.63. The van der Waals surface area contributed by atoms with Crippen molar-refractivity contribution in [2.45, 2.75) is 6.61 Å². The van der Waals surface area contributed by atoms with Crippen molar-refractivity contribution in [1.82, 2.24) is 23.9 Å². The van der Waals surface area contributed by atoms with E-state index in [9.17, 15) is 18.0 Å². The van der Waals surface area contributed by atoms with Gasteiger partial charge in [-0.3, -0.25) is 10.1 Å². The number of hydrogen-bond donors (Lipinski definition) is 2. The summed E-state index contributed by atoms with van der Waals surface area (Å²) in [5, 5.41) is 11.0. The summed E-state index contributed by atoms with van der Waals surface area (Å²) in [6.45, 7) is 0.264. The predicted molar refractivity (Wildman–Crippen MR) is 80.9 cm³/mol. The minimum absolute atomic E-state index is 0.152. The van der Waals surface area contributed by atoms with Gasteiger partial charge in [0.1, 0.15) is 19.0 Å². The molecule has 3 heterocycles. The zero-order valence-electron chi connectivity index (χ0n) is 12.6. The highest BCUT2D eigenvalue weighted by Crippen LogP contribution is 2.18. The van der Waals surface area contributed by atoms with E-state index >= 15 is 0 Å². The Morgan fingerprint density at radius 2 is 1.92 bits per heavy atom. The van der Waals surface area contributed by atoms with Crippen LogP contribution in [0.5, 0.6) is 0 Å². The van der Waals surface area contributed by atoms with Gasteiger partial charge in [0.25, 0.3) is 0 Å². The molecule has 2 aliphatic heterocycles. The van der Waals surface area contributed by atoms with E-state index in [0.29, 0.717) is 23.2 Å². The molecule has 11 nitrogen and oxygen atoms in total. The Kier molecular flexibility index (Phi) is 4.34. The van der Waals surface area contributed by atoms with E-state index in [2.05, 4.69) is 9.97 Å². The normalized spacial score (nSPS) is 19.7. The number of imide groups is 1. The number of aromatic nitrogens is 2. The van der Waals surface area contributed by atoms with E-state index in [0.717, 1.165) is 4.31 Å². The molecule has 0 atom stereocenters. The molecule has 12 heteroatoms. The third kappa shape index (κ3) is 3.02. The number of hydrogen-bond acceptors (Lipinski definition) is 8. The van der Waals surface area contributed by atoms with Crippen LogP contribution in [0, 0.1) is 0 Å². The van der Waals surface area contributed by atoms with Crippen molar-refractivity contribution in [3.05, 3.63) is 18.1 Å². The summed E-state index contributed by atoms with van der Waals surface area (Å²) in [4.78, 5) is 32.7. The largest absolute Gasteiger partial charge is 0.388 e. The fraction of sp³-hybridized carbons (Fsp3) is 0.500. The first-order valence-corrected chi connectivity index (χ1v) is 8.61. The first-order valence-electron chi connectivity index (χ1n) is 7.21. The van der Waals surface area contributed by atoms with Crippen molar-refractivity contribution in [1.29, 1.82) is 0 Å². The number of carbonyl (C=O) groups is 2. The minimum Gasteiger partial charge on any atom is -0.388 e. The van der Waals surface area contributed by atoms with Crippen LogP contribution in [0.3, 0.4) is 0 Å². The zero-order chi connectivity index (χ0) is 17.3. The molecule has 0 aromatic carbocycles. The number of nitrogens with one attached hydrogen (secondary N) is 1. The Bertz CT molecular complexity index is 761. The van der Waals surface area contributed by atoms with Gasteiger partial charge in [-0.15, -0.1) is 0 Å². The molecule has 2 N–H and O–H groups in total. The molecule has 1 aromatic rings. The highest BCUT2D eigenvalue weighted by Gasteiger charge is 2.41. The maximum atomic E-state index is 12.4. The Morgan fingerprint density at radius 1 is 1.21 bits per heavy atom. The number of piperazine rings is 1. The number of amides is 3. The fourth-order valence-corrected chi connectivity index (χ4v) is 3.98. The van der Waals surface area contributed by atoms with Crippen LogP contribution in [0.1, 0.15) is 5.82 Å². The summed E-state index contributed by atoms with van der Waals surface area (Å²) in [7, 11) is -4.03. The van der Waals surface area contributed by atoms with Gasteiger partial charge in [-0.1, -0.05) is 0 Å². The van der Waals surface area contributed by atoms with Gasteiger partial charge in [-0.25, -0.2) is 14.8 Å². The summed E-state index contributed by atoms with van der Waals surface area (Å²) in [5.74, 6) is 0.245. The molecule has 130 valence electrons. The molecule has 0 bridgehead atoms. The van der Waals surface area contributed by atoms with Crippen molar-refractivity contribution in [2.24, 2.45) is 0 Å². The lowest BCUT2D eigenvalue weighted by atomic mass is 10.3. The molecule has 24 heavy (non-hydrogen) atoms. The van der Waals surface area contributed by atoms with E-state index < -0.39 is 28.7 Å². The molecule has 0 aliphatic carbocycles. The molecule has 2 saturated heterocycles. The molecule has 0 saturated carbocycles. The number of aliphatic hydroxyl groups is 1. The van der Waals surface area contributed by atoms with Crippen LogP contribution in [0.15, 0.2) is 12.3 Å². The van der Waals surface area contributed by atoms with Crippen molar-refractivity contribution in [3.8, 4) is 0 Å². The highest BCUT2D eigenvalue weighted by atomic mass is 32.2. The van der Waals surface area contributed by atoms with Crippen LogP contribution in [0.2, 0.25) is 0 Å². The van der Waals surface area contributed by atoms with E-state index in [4.69, 9.17) is 5.11 Å². The number of anilines is 1. The van der Waals surface area contributed by atoms with Crippen LogP contribution in [-0.4, -0.2) is 76.8 Å². The maximum Gasteiger partial charge on any atom is 0.339 e. The summed E-state index contributed by atoms with van der Waals surface area (Å²) in [6.07, 6.45) is 1.52. The highest BCUT2D eigenvalue weighted by molar-refractivity contribution is 7.87. The van der Waals surface area contributed by atoms with Crippen LogP contribution in [0.4, 0.5) is 10.6 Å². The topological polar surface area (TPSA) is 136 Å². The van der Waals surface area contributed by atoms with Gasteiger partial charge in [0.15, 0.2) is 5.82 Å². The van der Waals surface area contributed by atoms with Gasteiger partial charge in [-0.2, -0.15) is 17.0 Å². The third-order valence-electron chi connectivity index (χ3n) is 3.76. The van der Waals surface area contributed by atoms with E-state index in [1.165, 1.54) is 6.20 Å². The maximum absolute atomic E-state index is 12.4. The molecule has 0 radical (unpaired) electrons. The first-order chi connectivity index (χ1) is 11.4. The first kappa shape index (κ1) is 16.5. The van der Waals surface area contributed by atoms with Crippen LogP contribution in [0.25, 0.3) is 0 Å². The van der Waals surface area contributed by atoms with Gasteiger partial charge in [0, 0.05) is 32.4 Å². The summed E-state index contributed by atoms with van der Waals surface area (Å²) in [6, 6.07) is 0.751. The Balaban J connectivity index is 1.68. The Morgan fingerprint density at radius 3 is 2.50 bits per heavy atom. The summed E-state index contributed by atoms with van der Waals surface area (Å²) < 4.78 is 26.6. The molecule has 2 fully saturated rings. The molecular weight excluding hydrogens is 340 g/mol. The molecule has 3 amide bonds. The van der Waals surface area contributed by atoms with Gasteiger partial charge < -0.3 is 10.0 Å². The monoisotopic (exact) mass is 356 g/mol. The van der Waals surface area contributed by atoms with Crippen molar-refractivity contribution in [3.63, 3.8) is 0 Å². The number of rotatable bonds is 4. The summed E-state index contributed by atoms with van der Waals surface area (Å²) in [5.41, 5.74) is 0. The quantitative estimate of drug-likeness (QED) is 0.585. The number of carbonyl (C=O) groups excluding carboxylic acids is 2. The molecule has 0 unspecified atom stereocenters. The standard InChI is InChI=1S/C12H16N6O5S/c19-8-9-13-2-1-10(14-9)16-3-5-17(6-4-16)24(22,23)18-7-11(20)15-12(18)21/h1-2,19H,3-8H2,(H,15,20,21). The van der Waals surface area contributed by atoms with Gasteiger partial charge in [0.2, 0.25) is 5.91 Å². The van der Waals surface area contributed by atoms with Crippen molar-refractivity contribution in [2.75, 3.05) is 37.6 Å². The lowest BCUT2D eigenvalue weighted by Gasteiger charge is -2.35. The van der Waals surface area contributed by atoms with Gasteiger partial charge >= 0.3 is 16.2 Å². The SMILES string of the molecule is O=C1CN(S(=O)(=O)N2CCN(c3ccnc(CO)n3)CC2)C(=O)N1. The second-order valence-electron chi connectivity index (χ2n) is 5.24. The predicted octanol–water partition coefficient (Wildman–Crippen LogP) is -2.11. The average molecular weight is 356 g/mol. The molecule has 2 aliphatic rings. The fourth-order valence-electron chi connectivity index (χ4n) is 2.54. The zero-order valence-corrected chi connectivity index (χ0v) is 13.4. The molecule has 1 aromatic heterocycles. The van der Waals surface area contributed by atoms with Crippen LogP contribution < -0.4 is 10.2 Å². The lowest BCUT2D eigenvalue weighted by Crippen LogP contribution is -2.53. The Hall–Kier alpha value is -2.31. The Labute approximate surface area is 138 Å². The minimum atomic E-state index is -4.03. The number of aliphatic hydroxyl groups excluding tert-OH is 1. The summed E-state index contributed by atoms with van der Waals surface area (Å²) >= 11 is 0. The van der Waals surface area contributed by atoms with E-state index in [1.54, 1.807) is 6.07 Å². The second kappa shape index (κ2) is 6.30. The molecule has 3 rings (SSSR count). The van der Waals surface area contributed by atoms with Crippen molar-refractivity contribution < 1.29 is 23.1 Å². The molecular formula is C12H16N6O5S. The number of nitrogens with zero attached hydrogens (tertiary/aromatic N) is 5. The van der Waals surface area contributed by atoms with Crippen molar-refractivity contribution >= 4 is 28.0 Å². The van der Waals surface area contributed by atoms with Crippen LogP contribution in [-0.2, 0) is 21.6 Å². The van der Waals surface area contributed by atoms with Crippen LogP contribution >= 0.6 is 0 Å².